The van der Waals surface area contributed by atoms with Gasteiger partial charge in [-0.15, -0.1) is 0 Å². The van der Waals surface area contributed by atoms with Crippen molar-refractivity contribution in [3.63, 3.8) is 0 Å². The fourth-order valence-electron chi connectivity index (χ4n) is 1.53. The van der Waals surface area contributed by atoms with Crippen molar-refractivity contribution in [2.24, 2.45) is 11.7 Å². The van der Waals surface area contributed by atoms with Crippen LogP contribution in [0.25, 0.3) is 0 Å². The zero-order valence-corrected chi connectivity index (χ0v) is 10.8. The first kappa shape index (κ1) is 15.1. The summed E-state index contributed by atoms with van der Waals surface area (Å²) < 4.78 is 0. The summed E-state index contributed by atoms with van der Waals surface area (Å²) in [6, 6.07) is 5.72. The lowest BCUT2D eigenvalue weighted by atomic mass is 10.1. The van der Waals surface area contributed by atoms with Crippen molar-refractivity contribution >= 4 is 0 Å². The molecule has 0 bridgehead atoms. The second-order valence-corrected chi connectivity index (χ2v) is 3.68. The summed E-state index contributed by atoms with van der Waals surface area (Å²) in [5.41, 5.74) is 5.47. The maximum atomic E-state index is 5.47. The van der Waals surface area contributed by atoms with Crippen LogP contribution in [0.3, 0.4) is 0 Å². The van der Waals surface area contributed by atoms with Gasteiger partial charge in [-0.05, 0) is 44.6 Å². The van der Waals surface area contributed by atoms with Crippen molar-refractivity contribution in [1.82, 2.24) is 9.88 Å². The molecule has 0 amide bonds. The lowest BCUT2D eigenvalue weighted by Gasteiger charge is -2.05. The van der Waals surface area contributed by atoms with Crippen LogP contribution in [0, 0.1) is 5.92 Å². The minimum Gasteiger partial charge on any atom is -0.330 e. The highest BCUT2D eigenvalue weighted by Crippen LogP contribution is 2.11. The molecule has 0 radical (unpaired) electrons. The number of pyridine rings is 1. The molecule has 0 aliphatic carbocycles. The van der Waals surface area contributed by atoms with Crippen molar-refractivity contribution < 1.29 is 0 Å². The number of likely N-dealkylation sites (tertiary alicyclic amines) is 1. The molecule has 1 aromatic rings. The van der Waals surface area contributed by atoms with E-state index in [9.17, 15) is 0 Å². The highest BCUT2D eigenvalue weighted by Gasteiger charge is 2.16. The second-order valence-electron chi connectivity index (χ2n) is 3.68. The first-order valence-corrected chi connectivity index (χ1v) is 6.06. The molecule has 2 rings (SSSR count). The molecule has 1 aromatic heterocycles. The van der Waals surface area contributed by atoms with Gasteiger partial charge in [-0.2, -0.15) is 0 Å². The van der Waals surface area contributed by atoms with Gasteiger partial charge in [-0.25, -0.2) is 0 Å². The third kappa shape index (κ3) is 7.37. The molecule has 3 nitrogen and oxygen atoms in total. The molecule has 1 atom stereocenters. The number of hydrogen-bond donors (Lipinski definition) is 1. The van der Waals surface area contributed by atoms with E-state index in [0.29, 0.717) is 0 Å². The summed E-state index contributed by atoms with van der Waals surface area (Å²) in [6.45, 7) is 7.31. The van der Waals surface area contributed by atoms with Crippen LogP contribution in [0.1, 0.15) is 20.3 Å². The van der Waals surface area contributed by atoms with E-state index in [2.05, 4.69) is 16.9 Å². The zero-order chi connectivity index (χ0) is 12.2. The Hall–Kier alpha value is -0.930. The maximum Gasteiger partial charge on any atom is 0.0267 e. The Morgan fingerprint density at radius 2 is 1.88 bits per heavy atom. The summed E-state index contributed by atoms with van der Waals surface area (Å²) in [4.78, 5) is 6.12. The fourth-order valence-corrected chi connectivity index (χ4v) is 1.53. The number of nitrogens with zero attached hydrogens (tertiary/aromatic N) is 2. The quantitative estimate of drug-likeness (QED) is 0.792. The molecule has 1 fully saturated rings. The summed E-state index contributed by atoms with van der Waals surface area (Å²) >= 11 is 0. The number of aromatic nitrogens is 1. The van der Waals surface area contributed by atoms with Crippen molar-refractivity contribution in [3.8, 4) is 0 Å². The normalized spacial score (nSPS) is 19.1. The van der Waals surface area contributed by atoms with E-state index in [1.165, 1.54) is 19.5 Å². The molecule has 16 heavy (non-hydrogen) atoms. The summed E-state index contributed by atoms with van der Waals surface area (Å²) in [5.74, 6) is 0.778. The Bertz CT molecular complexity index is 199. The molecule has 1 saturated heterocycles. The van der Waals surface area contributed by atoms with Crippen LogP contribution >= 0.6 is 0 Å². The monoisotopic (exact) mass is 223 g/mol. The van der Waals surface area contributed by atoms with Gasteiger partial charge < -0.3 is 10.6 Å². The minimum absolute atomic E-state index is 0.778. The Morgan fingerprint density at radius 1 is 1.25 bits per heavy atom. The van der Waals surface area contributed by atoms with Gasteiger partial charge in [0.05, 0.1) is 0 Å². The van der Waals surface area contributed by atoms with Crippen LogP contribution in [-0.4, -0.2) is 36.6 Å². The van der Waals surface area contributed by atoms with Gasteiger partial charge in [-0.1, -0.05) is 19.9 Å². The van der Waals surface area contributed by atoms with Gasteiger partial charge in [-0.3, -0.25) is 4.98 Å². The van der Waals surface area contributed by atoms with Crippen molar-refractivity contribution in [1.29, 1.82) is 0 Å². The van der Waals surface area contributed by atoms with Crippen LogP contribution in [0.15, 0.2) is 30.6 Å². The first-order valence-electron chi connectivity index (χ1n) is 6.06. The van der Waals surface area contributed by atoms with Crippen LogP contribution < -0.4 is 5.73 Å². The van der Waals surface area contributed by atoms with Crippen molar-refractivity contribution in [3.05, 3.63) is 30.6 Å². The summed E-state index contributed by atoms with van der Waals surface area (Å²) in [7, 11) is 2.15. The standard InChI is InChI=1S/C6H14N2.C5H5N.C2H6/c1-8-3-2-6(4-7)5-8;1-2-4-6-5-3-1;1-2/h6H,2-5,7H2,1H3;1-5H;1-2H3. The van der Waals surface area contributed by atoms with Crippen LogP contribution in [0.5, 0.6) is 0 Å². The molecule has 1 aliphatic heterocycles. The van der Waals surface area contributed by atoms with Gasteiger partial charge in [0.2, 0.25) is 0 Å². The molecular weight excluding hydrogens is 198 g/mol. The SMILES string of the molecule is CC.CN1CCC(CN)C1.c1ccncc1. The average molecular weight is 223 g/mol. The van der Waals surface area contributed by atoms with E-state index in [1.54, 1.807) is 12.4 Å². The lowest BCUT2D eigenvalue weighted by Crippen LogP contribution is -2.18. The molecule has 2 N–H and O–H groups in total. The smallest absolute Gasteiger partial charge is 0.0267 e. The van der Waals surface area contributed by atoms with Gasteiger partial charge in [0.1, 0.15) is 0 Å². The van der Waals surface area contributed by atoms with E-state index < -0.39 is 0 Å². The first-order chi connectivity index (χ1) is 7.83. The zero-order valence-electron chi connectivity index (χ0n) is 10.8. The van der Waals surface area contributed by atoms with E-state index in [0.717, 1.165) is 12.5 Å². The fraction of sp³-hybridized carbons (Fsp3) is 0.615. The highest BCUT2D eigenvalue weighted by atomic mass is 15.1. The summed E-state index contributed by atoms with van der Waals surface area (Å²) in [6.07, 6.45) is 4.80. The second kappa shape index (κ2) is 10.6. The van der Waals surface area contributed by atoms with Gasteiger partial charge >= 0.3 is 0 Å². The molecule has 92 valence electrons. The summed E-state index contributed by atoms with van der Waals surface area (Å²) in [5, 5.41) is 0. The largest absolute Gasteiger partial charge is 0.330 e. The predicted octanol–water partition coefficient (Wildman–Crippen LogP) is 2.00. The lowest BCUT2D eigenvalue weighted by molar-refractivity contribution is 0.397. The number of rotatable bonds is 1. The van der Waals surface area contributed by atoms with Crippen LogP contribution in [0.4, 0.5) is 0 Å². The molecule has 0 aromatic carbocycles. The predicted molar refractivity (Wildman–Crippen MR) is 70.2 cm³/mol. The Balaban J connectivity index is 0.000000251. The minimum atomic E-state index is 0.778. The molecule has 0 spiro atoms. The molecule has 2 heterocycles. The van der Waals surface area contributed by atoms with Gasteiger partial charge in [0, 0.05) is 18.9 Å². The topological polar surface area (TPSA) is 42.1 Å². The molecule has 1 unspecified atom stereocenters. The van der Waals surface area contributed by atoms with E-state index >= 15 is 0 Å². The van der Waals surface area contributed by atoms with E-state index in [-0.39, 0.29) is 0 Å². The molecular formula is C13H25N3. The van der Waals surface area contributed by atoms with E-state index in [4.69, 9.17) is 5.73 Å². The van der Waals surface area contributed by atoms with Gasteiger partial charge in [0.25, 0.3) is 0 Å². The Morgan fingerprint density at radius 3 is 2.06 bits per heavy atom. The maximum absolute atomic E-state index is 5.47. The Kier molecular flexibility index (Phi) is 9.97. The van der Waals surface area contributed by atoms with Crippen molar-refractivity contribution in [2.45, 2.75) is 20.3 Å². The third-order valence-electron chi connectivity index (χ3n) is 2.39. The van der Waals surface area contributed by atoms with E-state index in [1.807, 2.05) is 32.0 Å². The number of nitrogens with two attached hydrogens (primary N) is 1. The van der Waals surface area contributed by atoms with Gasteiger partial charge in [0.15, 0.2) is 0 Å². The number of hydrogen-bond acceptors (Lipinski definition) is 3. The van der Waals surface area contributed by atoms with Crippen LogP contribution in [-0.2, 0) is 0 Å². The molecule has 1 aliphatic rings. The van der Waals surface area contributed by atoms with Crippen molar-refractivity contribution in [2.75, 3.05) is 26.7 Å². The Labute approximate surface area is 99.7 Å². The molecule has 3 heteroatoms. The molecule has 0 saturated carbocycles. The highest BCUT2D eigenvalue weighted by molar-refractivity contribution is 4.88. The third-order valence-corrected chi connectivity index (χ3v) is 2.39. The van der Waals surface area contributed by atoms with Crippen LogP contribution in [0.2, 0.25) is 0 Å². The average Bonchev–Trinajstić information content (AvgIpc) is 2.81.